The zero-order chi connectivity index (χ0) is 20.6. The minimum atomic E-state index is -0.131. The summed E-state index contributed by atoms with van der Waals surface area (Å²) >= 11 is 0. The maximum absolute atomic E-state index is 12.3. The fraction of sp³-hybridized carbons (Fsp3) is 0.846. The second-order valence-corrected chi connectivity index (χ2v) is 11.5. The SMILES string of the molecule is C=C[C@]1(C)[C@H]2CC[C@]3(C)[C@@H](OC(C)=O)CC[C@H]3[C@@H]2CC[C@@]12[C@@H](C=O)[C@@H]1CCC[C@@H]12. The summed E-state index contributed by atoms with van der Waals surface area (Å²) in [7, 11) is 0. The fourth-order valence-corrected chi connectivity index (χ4v) is 10.0. The quantitative estimate of drug-likeness (QED) is 0.354. The highest BCUT2D eigenvalue weighted by molar-refractivity contribution is 5.66. The maximum atomic E-state index is 12.3. The Morgan fingerprint density at radius 1 is 0.966 bits per heavy atom. The summed E-state index contributed by atoms with van der Waals surface area (Å²) in [5, 5.41) is 0. The number of carbonyl (C=O) groups excluding carboxylic acids is 2. The molecule has 0 unspecified atom stereocenters. The van der Waals surface area contributed by atoms with E-state index in [1.54, 1.807) is 6.92 Å². The second-order valence-electron chi connectivity index (χ2n) is 11.5. The molecule has 10 atom stereocenters. The number of allylic oxidation sites excluding steroid dienone is 1. The van der Waals surface area contributed by atoms with Crippen LogP contribution >= 0.6 is 0 Å². The maximum Gasteiger partial charge on any atom is 0.302 e. The summed E-state index contributed by atoms with van der Waals surface area (Å²) in [6.07, 6.45) is 14.5. The van der Waals surface area contributed by atoms with Gasteiger partial charge in [-0.15, -0.1) is 6.58 Å². The van der Waals surface area contributed by atoms with Crippen LogP contribution in [-0.2, 0) is 14.3 Å². The van der Waals surface area contributed by atoms with Gasteiger partial charge in [-0.2, -0.15) is 0 Å². The highest BCUT2D eigenvalue weighted by atomic mass is 16.5. The average molecular weight is 399 g/mol. The molecule has 0 N–H and O–H groups in total. The zero-order valence-corrected chi connectivity index (χ0v) is 18.5. The fourth-order valence-electron chi connectivity index (χ4n) is 10.0. The van der Waals surface area contributed by atoms with Crippen molar-refractivity contribution in [2.75, 3.05) is 0 Å². The molecular weight excluding hydrogens is 360 g/mol. The van der Waals surface area contributed by atoms with Crippen LogP contribution in [0, 0.1) is 51.8 Å². The van der Waals surface area contributed by atoms with E-state index in [4.69, 9.17) is 4.74 Å². The van der Waals surface area contributed by atoms with Crippen LogP contribution in [0.3, 0.4) is 0 Å². The largest absolute Gasteiger partial charge is 0.462 e. The minimum Gasteiger partial charge on any atom is -0.462 e. The van der Waals surface area contributed by atoms with Gasteiger partial charge in [0.2, 0.25) is 0 Å². The number of fused-ring (bicyclic) bond motifs is 5. The van der Waals surface area contributed by atoms with E-state index in [1.807, 2.05) is 0 Å². The van der Waals surface area contributed by atoms with Crippen LogP contribution in [0.1, 0.15) is 78.6 Å². The van der Waals surface area contributed by atoms with Crippen molar-refractivity contribution in [3.63, 3.8) is 0 Å². The molecule has 3 nitrogen and oxygen atoms in total. The smallest absolute Gasteiger partial charge is 0.302 e. The Balaban J connectivity index is 1.48. The molecule has 0 aromatic heterocycles. The number of ether oxygens (including phenoxy) is 1. The lowest BCUT2D eigenvalue weighted by molar-refractivity contribution is -0.231. The van der Waals surface area contributed by atoms with Crippen LogP contribution in [0.15, 0.2) is 12.7 Å². The van der Waals surface area contributed by atoms with Gasteiger partial charge in [-0.05, 0) is 91.8 Å². The van der Waals surface area contributed by atoms with Gasteiger partial charge < -0.3 is 9.53 Å². The van der Waals surface area contributed by atoms with Crippen LogP contribution < -0.4 is 0 Å². The third-order valence-corrected chi connectivity index (χ3v) is 11.2. The average Bonchev–Trinajstić information content (AvgIpc) is 3.25. The molecule has 0 radical (unpaired) electrons. The van der Waals surface area contributed by atoms with Crippen molar-refractivity contribution >= 4 is 12.3 Å². The molecule has 0 bridgehead atoms. The number of rotatable bonds is 3. The summed E-state index contributed by atoms with van der Waals surface area (Å²) in [6.45, 7) is 10.8. The number of carbonyl (C=O) groups is 2. The number of hydrogen-bond acceptors (Lipinski definition) is 3. The first-order valence-corrected chi connectivity index (χ1v) is 12.1. The van der Waals surface area contributed by atoms with Crippen LogP contribution in [0.5, 0.6) is 0 Å². The van der Waals surface area contributed by atoms with Gasteiger partial charge >= 0.3 is 5.97 Å². The van der Waals surface area contributed by atoms with Crippen molar-refractivity contribution < 1.29 is 14.3 Å². The molecule has 0 aromatic rings. The Morgan fingerprint density at radius 2 is 1.76 bits per heavy atom. The molecule has 3 heteroatoms. The third kappa shape index (κ3) is 2.26. The summed E-state index contributed by atoms with van der Waals surface area (Å²) in [6, 6.07) is 0. The van der Waals surface area contributed by atoms with Gasteiger partial charge in [0.05, 0.1) is 0 Å². The van der Waals surface area contributed by atoms with Crippen molar-refractivity contribution in [1.29, 1.82) is 0 Å². The standard InChI is InChI=1S/C26H38O3/c1-5-25(4)20-12-13-24(3)19(9-10-23(24)29-16(2)28)18(20)11-14-26(25)21-8-6-7-17(21)22(26)15-27/h5,15,17-23H,1,6-14H2,2-4H3/t17-,18+,19+,20+,21+,22+,23+,24+,25-,26-/m1/s1. The molecule has 0 aromatic carbocycles. The lowest BCUT2D eigenvalue weighted by Gasteiger charge is -2.72. The summed E-state index contributed by atoms with van der Waals surface area (Å²) < 4.78 is 5.80. The van der Waals surface area contributed by atoms with Gasteiger partial charge in [-0.25, -0.2) is 0 Å². The van der Waals surface area contributed by atoms with Crippen molar-refractivity contribution in [3.8, 4) is 0 Å². The number of hydrogen-bond donors (Lipinski definition) is 0. The predicted molar refractivity (Wildman–Crippen MR) is 113 cm³/mol. The molecule has 0 aliphatic heterocycles. The predicted octanol–water partition coefficient (Wildman–Crippen LogP) is 5.58. The monoisotopic (exact) mass is 398 g/mol. The van der Waals surface area contributed by atoms with Crippen LogP contribution in [0.4, 0.5) is 0 Å². The molecule has 1 spiro atoms. The van der Waals surface area contributed by atoms with Gasteiger partial charge in [0, 0.05) is 18.3 Å². The van der Waals surface area contributed by atoms with E-state index in [-0.39, 0.29) is 34.2 Å². The molecule has 5 saturated carbocycles. The van der Waals surface area contributed by atoms with Crippen molar-refractivity contribution in [2.45, 2.75) is 84.7 Å². The summed E-state index contributed by atoms with van der Waals surface area (Å²) in [5.74, 6) is 3.40. The Morgan fingerprint density at radius 3 is 2.45 bits per heavy atom. The number of aldehydes is 1. The van der Waals surface area contributed by atoms with E-state index in [0.29, 0.717) is 23.7 Å². The second kappa shape index (κ2) is 6.44. The van der Waals surface area contributed by atoms with Crippen LogP contribution in [-0.4, -0.2) is 18.4 Å². The molecule has 160 valence electrons. The first kappa shape index (κ1) is 19.8. The summed E-state index contributed by atoms with van der Waals surface area (Å²) in [4.78, 5) is 24.0. The lowest BCUT2D eigenvalue weighted by Crippen LogP contribution is -2.68. The Bertz CT molecular complexity index is 729. The molecule has 5 rings (SSSR count). The Kier molecular flexibility index (Phi) is 4.40. The van der Waals surface area contributed by atoms with Crippen molar-refractivity contribution in [2.24, 2.45) is 51.8 Å². The summed E-state index contributed by atoms with van der Waals surface area (Å²) in [5.41, 5.74) is 0.327. The Labute approximate surface area is 176 Å². The lowest BCUT2D eigenvalue weighted by atomic mass is 9.31. The minimum absolute atomic E-state index is 0.0495. The first-order chi connectivity index (χ1) is 13.8. The van der Waals surface area contributed by atoms with Crippen molar-refractivity contribution in [1.82, 2.24) is 0 Å². The topological polar surface area (TPSA) is 43.4 Å². The molecular formula is C26H38O3. The van der Waals surface area contributed by atoms with E-state index in [2.05, 4.69) is 26.5 Å². The van der Waals surface area contributed by atoms with Crippen LogP contribution in [0.25, 0.3) is 0 Å². The molecule has 0 saturated heterocycles. The van der Waals surface area contributed by atoms with E-state index in [9.17, 15) is 9.59 Å². The zero-order valence-electron chi connectivity index (χ0n) is 18.5. The third-order valence-electron chi connectivity index (χ3n) is 11.2. The number of esters is 1. The van der Waals surface area contributed by atoms with E-state index < -0.39 is 0 Å². The molecule has 5 aliphatic carbocycles. The molecule has 0 heterocycles. The highest BCUT2D eigenvalue weighted by Gasteiger charge is 2.73. The first-order valence-electron chi connectivity index (χ1n) is 12.1. The van der Waals surface area contributed by atoms with Gasteiger partial charge in [0.15, 0.2) is 0 Å². The van der Waals surface area contributed by atoms with Gasteiger partial charge in [0.25, 0.3) is 0 Å². The van der Waals surface area contributed by atoms with Gasteiger partial charge in [0.1, 0.15) is 12.4 Å². The normalized spacial score (nSPS) is 55.3. The van der Waals surface area contributed by atoms with Gasteiger partial charge in [-0.1, -0.05) is 26.3 Å². The molecule has 0 amide bonds. The highest BCUT2D eigenvalue weighted by Crippen LogP contribution is 2.78. The molecule has 29 heavy (non-hydrogen) atoms. The molecule has 5 fully saturated rings. The van der Waals surface area contributed by atoms with E-state index in [1.165, 1.54) is 51.2 Å². The van der Waals surface area contributed by atoms with Crippen molar-refractivity contribution in [3.05, 3.63) is 12.7 Å². The molecule has 5 aliphatic rings. The Hall–Kier alpha value is -1.12. The van der Waals surface area contributed by atoms with Gasteiger partial charge in [-0.3, -0.25) is 4.79 Å². The van der Waals surface area contributed by atoms with E-state index >= 15 is 0 Å². The van der Waals surface area contributed by atoms with Crippen LogP contribution in [0.2, 0.25) is 0 Å². The van der Waals surface area contributed by atoms with E-state index in [0.717, 1.165) is 18.8 Å².